The van der Waals surface area contributed by atoms with Crippen molar-refractivity contribution >= 4 is 69.2 Å². The number of halogens is 2. The third-order valence-corrected chi connectivity index (χ3v) is 4.85. The van der Waals surface area contributed by atoms with Crippen LogP contribution in [0.1, 0.15) is 5.56 Å². The Morgan fingerprint density at radius 3 is 2.09 bits per heavy atom. The van der Waals surface area contributed by atoms with Crippen LogP contribution in [0.2, 0.25) is 10.0 Å². The number of rotatable bonds is 2. The van der Waals surface area contributed by atoms with Crippen LogP contribution in [-0.4, -0.2) is 10.2 Å². The predicted octanol–water partition coefficient (Wildman–Crippen LogP) is 5.40. The van der Waals surface area contributed by atoms with Crippen LogP contribution >= 0.6 is 47.2 Å². The number of thiocarbonyl (C=S) groups is 1. The molecule has 0 aliphatic carbocycles. The number of carbonyl (C=O) groups is 1. The fraction of sp³-hybridized carbons (Fsp3) is 0. The zero-order valence-electron chi connectivity index (χ0n) is 11.1. The van der Waals surface area contributed by atoms with Crippen molar-refractivity contribution in [2.45, 2.75) is 0 Å². The van der Waals surface area contributed by atoms with Gasteiger partial charge in [0.25, 0.3) is 5.91 Å². The van der Waals surface area contributed by atoms with Crippen molar-refractivity contribution in [2.75, 3.05) is 4.90 Å². The Balaban J connectivity index is 1.91. The van der Waals surface area contributed by atoms with Crippen LogP contribution in [0.4, 0.5) is 5.69 Å². The van der Waals surface area contributed by atoms with Gasteiger partial charge in [-0.1, -0.05) is 59.3 Å². The second kappa shape index (κ2) is 6.42. The van der Waals surface area contributed by atoms with Crippen molar-refractivity contribution in [3.8, 4) is 0 Å². The van der Waals surface area contributed by atoms with Crippen molar-refractivity contribution in [2.24, 2.45) is 0 Å². The molecule has 1 aliphatic heterocycles. The summed E-state index contributed by atoms with van der Waals surface area (Å²) in [6.45, 7) is 0. The molecule has 1 fully saturated rings. The van der Waals surface area contributed by atoms with E-state index in [1.807, 2.05) is 18.2 Å². The van der Waals surface area contributed by atoms with Gasteiger partial charge in [0.15, 0.2) is 4.32 Å². The summed E-state index contributed by atoms with van der Waals surface area (Å²) in [6, 6.07) is 14.3. The first-order chi connectivity index (χ1) is 10.5. The molecule has 1 saturated heterocycles. The number of hydrogen-bond acceptors (Lipinski definition) is 3. The van der Waals surface area contributed by atoms with Crippen LogP contribution in [-0.2, 0) is 4.79 Å². The predicted molar refractivity (Wildman–Crippen MR) is 98.6 cm³/mol. The smallest absolute Gasteiger partial charge is 0.268 e. The number of benzene rings is 2. The van der Waals surface area contributed by atoms with Gasteiger partial charge in [0.1, 0.15) is 0 Å². The zero-order chi connectivity index (χ0) is 15.7. The largest absolute Gasteiger partial charge is 0.270 e. The molecule has 110 valence electrons. The van der Waals surface area contributed by atoms with E-state index in [0.29, 0.717) is 25.0 Å². The third kappa shape index (κ3) is 3.20. The maximum atomic E-state index is 12.6. The van der Waals surface area contributed by atoms with E-state index in [-0.39, 0.29) is 5.91 Å². The highest BCUT2D eigenvalue weighted by Crippen LogP contribution is 2.36. The van der Waals surface area contributed by atoms with Crippen molar-refractivity contribution in [3.05, 3.63) is 69.0 Å². The number of carbonyl (C=O) groups excluding carboxylic acids is 1. The third-order valence-electron chi connectivity index (χ3n) is 3.05. The van der Waals surface area contributed by atoms with E-state index in [4.69, 9.17) is 35.4 Å². The van der Waals surface area contributed by atoms with Crippen LogP contribution < -0.4 is 4.90 Å². The minimum atomic E-state index is -0.132. The molecule has 0 spiro atoms. The summed E-state index contributed by atoms with van der Waals surface area (Å²) < 4.78 is 0.507. The lowest BCUT2D eigenvalue weighted by Crippen LogP contribution is -2.27. The molecular formula is C16H9Cl2NOS2. The molecular weight excluding hydrogens is 357 g/mol. The molecule has 0 saturated carbocycles. The minimum Gasteiger partial charge on any atom is -0.268 e. The Bertz CT molecular complexity index is 770. The Kier molecular flexibility index (Phi) is 4.54. The highest BCUT2D eigenvalue weighted by atomic mass is 35.5. The molecule has 3 rings (SSSR count). The topological polar surface area (TPSA) is 20.3 Å². The zero-order valence-corrected chi connectivity index (χ0v) is 14.3. The minimum absolute atomic E-state index is 0.132. The number of thioether (sulfide) groups is 1. The molecule has 2 nitrogen and oxygen atoms in total. The molecule has 6 heteroatoms. The fourth-order valence-electron chi connectivity index (χ4n) is 1.99. The molecule has 1 amide bonds. The van der Waals surface area contributed by atoms with Crippen LogP contribution in [0.3, 0.4) is 0 Å². The molecule has 2 aromatic carbocycles. The molecule has 1 heterocycles. The quantitative estimate of drug-likeness (QED) is 0.524. The van der Waals surface area contributed by atoms with Crippen molar-refractivity contribution in [1.29, 1.82) is 0 Å². The highest BCUT2D eigenvalue weighted by molar-refractivity contribution is 8.27. The SMILES string of the molecule is O=C1/C(=C/c2ccc(Cl)cc2)SC(=S)N1c1ccc(Cl)cc1. The molecule has 22 heavy (non-hydrogen) atoms. The van der Waals surface area contributed by atoms with Crippen molar-refractivity contribution in [3.63, 3.8) is 0 Å². The number of nitrogens with zero attached hydrogens (tertiary/aromatic N) is 1. The summed E-state index contributed by atoms with van der Waals surface area (Å²) in [5.74, 6) is -0.132. The van der Waals surface area contributed by atoms with Gasteiger partial charge < -0.3 is 0 Å². The molecule has 0 atom stereocenters. The van der Waals surface area contributed by atoms with E-state index in [1.54, 1.807) is 36.4 Å². The first-order valence-electron chi connectivity index (χ1n) is 6.34. The lowest BCUT2D eigenvalue weighted by molar-refractivity contribution is -0.113. The van der Waals surface area contributed by atoms with E-state index in [9.17, 15) is 4.79 Å². The maximum absolute atomic E-state index is 12.6. The van der Waals surface area contributed by atoms with Crippen molar-refractivity contribution < 1.29 is 4.79 Å². The summed E-state index contributed by atoms with van der Waals surface area (Å²) in [5, 5.41) is 1.27. The summed E-state index contributed by atoms with van der Waals surface area (Å²) in [4.78, 5) is 14.7. The first kappa shape index (κ1) is 15.6. The number of anilines is 1. The standard InChI is InChI=1S/C16H9Cl2NOS2/c17-11-3-1-10(2-4-11)9-14-15(20)19(16(21)22-14)13-7-5-12(18)6-8-13/h1-9H/b14-9-. The Hall–Kier alpha value is -1.33. The first-order valence-corrected chi connectivity index (χ1v) is 8.32. The average molecular weight is 366 g/mol. The normalized spacial score (nSPS) is 16.6. The van der Waals surface area contributed by atoms with E-state index in [1.165, 1.54) is 16.7 Å². The second-order valence-electron chi connectivity index (χ2n) is 4.55. The van der Waals surface area contributed by atoms with Gasteiger partial charge in [-0.15, -0.1) is 0 Å². The molecule has 0 radical (unpaired) electrons. The second-order valence-corrected chi connectivity index (χ2v) is 7.09. The van der Waals surface area contributed by atoms with E-state index < -0.39 is 0 Å². The van der Waals surface area contributed by atoms with Crippen LogP contribution in [0.25, 0.3) is 6.08 Å². The van der Waals surface area contributed by atoms with Gasteiger partial charge in [-0.3, -0.25) is 9.69 Å². The summed E-state index contributed by atoms with van der Waals surface area (Å²) >= 11 is 18.3. The molecule has 0 bridgehead atoms. The molecule has 0 unspecified atom stereocenters. The lowest BCUT2D eigenvalue weighted by atomic mass is 10.2. The average Bonchev–Trinajstić information content (AvgIpc) is 2.77. The lowest BCUT2D eigenvalue weighted by Gasteiger charge is -2.14. The van der Waals surface area contributed by atoms with Gasteiger partial charge in [-0.05, 0) is 48.0 Å². The van der Waals surface area contributed by atoms with Gasteiger partial charge in [-0.25, -0.2) is 0 Å². The number of amides is 1. The van der Waals surface area contributed by atoms with Gasteiger partial charge in [-0.2, -0.15) is 0 Å². The van der Waals surface area contributed by atoms with E-state index in [0.717, 1.165) is 5.56 Å². The summed E-state index contributed by atoms with van der Waals surface area (Å²) in [7, 11) is 0. The van der Waals surface area contributed by atoms with Crippen molar-refractivity contribution in [1.82, 2.24) is 0 Å². The van der Waals surface area contributed by atoms with Gasteiger partial charge in [0, 0.05) is 10.0 Å². The fourth-order valence-corrected chi connectivity index (χ4v) is 3.54. The van der Waals surface area contributed by atoms with Gasteiger partial charge in [0.05, 0.1) is 10.6 Å². The summed E-state index contributed by atoms with van der Waals surface area (Å²) in [5.41, 5.74) is 1.62. The van der Waals surface area contributed by atoms with Gasteiger partial charge in [0.2, 0.25) is 0 Å². The van der Waals surface area contributed by atoms with Crippen LogP contribution in [0, 0.1) is 0 Å². The molecule has 0 aromatic heterocycles. The molecule has 2 aromatic rings. The van der Waals surface area contributed by atoms with E-state index >= 15 is 0 Å². The maximum Gasteiger partial charge on any atom is 0.270 e. The Morgan fingerprint density at radius 2 is 1.50 bits per heavy atom. The molecule has 0 N–H and O–H groups in total. The Morgan fingerprint density at radius 1 is 0.955 bits per heavy atom. The highest BCUT2D eigenvalue weighted by Gasteiger charge is 2.33. The Labute approximate surface area is 147 Å². The van der Waals surface area contributed by atoms with Crippen LogP contribution in [0.5, 0.6) is 0 Å². The monoisotopic (exact) mass is 365 g/mol. The van der Waals surface area contributed by atoms with E-state index in [2.05, 4.69) is 0 Å². The van der Waals surface area contributed by atoms with Crippen LogP contribution in [0.15, 0.2) is 53.4 Å². The van der Waals surface area contributed by atoms with Gasteiger partial charge >= 0.3 is 0 Å². The number of hydrogen-bond donors (Lipinski definition) is 0. The summed E-state index contributed by atoms with van der Waals surface area (Å²) in [6.07, 6.45) is 1.81. The molecule has 1 aliphatic rings.